The van der Waals surface area contributed by atoms with Crippen molar-refractivity contribution in [3.63, 3.8) is 0 Å². The van der Waals surface area contributed by atoms with E-state index in [0.29, 0.717) is 17.8 Å². The Balaban J connectivity index is 2.08. The van der Waals surface area contributed by atoms with Gasteiger partial charge >= 0.3 is 5.97 Å². The smallest absolute Gasteiger partial charge is 0.303 e. The summed E-state index contributed by atoms with van der Waals surface area (Å²) in [5.74, 6) is -0.520. The van der Waals surface area contributed by atoms with Crippen LogP contribution in [0.4, 0.5) is 0 Å². The van der Waals surface area contributed by atoms with Gasteiger partial charge in [0.15, 0.2) is 5.82 Å². The SMILES string of the molecule is Cc1cc(C)n(-c2ccc(C(=O)NC(C)(C)CCC(=O)O)cn2)n1. The second kappa shape index (κ2) is 6.82. The third kappa shape index (κ3) is 4.41. The molecule has 0 radical (unpaired) electrons. The third-order valence-electron chi connectivity index (χ3n) is 3.65. The van der Waals surface area contributed by atoms with Gasteiger partial charge in [-0.15, -0.1) is 0 Å². The first-order chi connectivity index (χ1) is 11.2. The number of hydrogen-bond donors (Lipinski definition) is 2. The number of carbonyl (C=O) groups is 2. The van der Waals surface area contributed by atoms with Crippen LogP contribution in [-0.2, 0) is 4.79 Å². The molecule has 0 bridgehead atoms. The Labute approximate surface area is 140 Å². The summed E-state index contributed by atoms with van der Waals surface area (Å²) in [6, 6.07) is 5.37. The van der Waals surface area contributed by atoms with Crippen LogP contribution >= 0.6 is 0 Å². The topological polar surface area (TPSA) is 97.1 Å². The number of aliphatic carboxylic acids is 1. The first-order valence-corrected chi connectivity index (χ1v) is 7.72. The molecule has 0 aliphatic heterocycles. The molecule has 7 nitrogen and oxygen atoms in total. The molecule has 0 unspecified atom stereocenters. The molecule has 0 fully saturated rings. The Morgan fingerprint density at radius 2 is 2.00 bits per heavy atom. The normalized spacial score (nSPS) is 11.3. The summed E-state index contributed by atoms with van der Waals surface area (Å²) in [6.07, 6.45) is 1.85. The van der Waals surface area contributed by atoms with Gasteiger partial charge in [0.1, 0.15) is 0 Å². The summed E-state index contributed by atoms with van der Waals surface area (Å²) in [5, 5.41) is 16.0. The number of aromatic nitrogens is 3. The molecule has 24 heavy (non-hydrogen) atoms. The van der Waals surface area contributed by atoms with Crippen LogP contribution in [0.1, 0.15) is 48.4 Å². The molecule has 2 aromatic rings. The standard InChI is InChI=1S/C17H22N4O3/c1-11-9-12(2)21(20-11)14-6-5-13(10-18-14)16(24)19-17(3,4)8-7-15(22)23/h5-6,9-10H,7-8H2,1-4H3,(H,19,24)(H,22,23). The molecule has 0 atom stereocenters. The van der Waals surface area contributed by atoms with E-state index in [4.69, 9.17) is 5.11 Å². The van der Waals surface area contributed by atoms with Gasteiger partial charge in [-0.25, -0.2) is 9.67 Å². The number of carboxylic acid groups (broad SMARTS) is 1. The largest absolute Gasteiger partial charge is 0.481 e. The lowest BCUT2D eigenvalue weighted by atomic mass is 9.98. The van der Waals surface area contributed by atoms with Crippen molar-refractivity contribution >= 4 is 11.9 Å². The predicted molar refractivity (Wildman–Crippen MR) is 89.2 cm³/mol. The van der Waals surface area contributed by atoms with Crippen molar-refractivity contribution in [1.29, 1.82) is 0 Å². The summed E-state index contributed by atoms with van der Waals surface area (Å²) in [7, 11) is 0. The van der Waals surface area contributed by atoms with Gasteiger partial charge in [0.05, 0.1) is 11.3 Å². The highest BCUT2D eigenvalue weighted by Crippen LogP contribution is 2.14. The lowest BCUT2D eigenvalue weighted by Gasteiger charge is -2.25. The number of rotatable bonds is 6. The summed E-state index contributed by atoms with van der Waals surface area (Å²) >= 11 is 0. The van der Waals surface area contributed by atoms with Crippen molar-refractivity contribution in [3.8, 4) is 5.82 Å². The summed E-state index contributed by atoms with van der Waals surface area (Å²) in [4.78, 5) is 27.3. The van der Waals surface area contributed by atoms with Crippen molar-refractivity contribution in [3.05, 3.63) is 41.3 Å². The summed E-state index contributed by atoms with van der Waals surface area (Å²) in [6.45, 7) is 7.44. The highest BCUT2D eigenvalue weighted by atomic mass is 16.4. The maximum absolute atomic E-state index is 12.3. The highest BCUT2D eigenvalue weighted by molar-refractivity contribution is 5.94. The lowest BCUT2D eigenvalue weighted by molar-refractivity contribution is -0.137. The molecular formula is C17H22N4O3. The number of nitrogens with zero attached hydrogens (tertiary/aromatic N) is 3. The molecule has 7 heteroatoms. The molecule has 128 valence electrons. The van der Waals surface area contributed by atoms with Crippen LogP contribution in [0.15, 0.2) is 24.4 Å². The molecular weight excluding hydrogens is 308 g/mol. The number of carboxylic acids is 1. The van der Waals surface area contributed by atoms with E-state index >= 15 is 0 Å². The molecule has 0 aliphatic carbocycles. The van der Waals surface area contributed by atoms with Crippen LogP contribution in [0.3, 0.4) is 0 Å². The molecule has 0 saturated heterocycles. The van der Waals surface area contributed by atoms with Gasteiger partial charge in [0.25, 0.3) is 5.91 Å². The fourth-order valence-electron chi connectivity index (χ4n) is 2.37. The summed E-state index contributed by atoms with van der Waals surface area (Å²) in [5.41, 5.74) is 1.68. The Bertz CT molecular complexity index is 748. The van der Waals surface area contributed by atoms with E-state index in [-0.39, 0.29) is 12.3 Å². The number of amides is 1. The molecule has 2 rings (SSSR count). The van der Waals surface area contributed by atoms with Gasteiger partial charge in [0, 0.05) is 23.9 Å². The van der Waals surface area contributed by atoms with Crippen molar-refractivity contribution < 1.29 is 14.7 Å². The van der Waals surface area contributed by atoms with Crippen LogP contribution in [-0.4, -0.2) is 37.3 Å². The Morgan fingerprint density at radius 1 is 1.29 bits per heavy atom. The number of aryl methyl sites for hydroxylation is 2. The fourth-order valence-corrected chi connectivity index (χ4v) is 2.37. The average molecular weight is 330 g/mol. The Hall–Kier alpha value is -2.70. The zero-order valence-corrected chi connectivity index (χ0v) is 14.3. The van der Waals surface area contributed by atoms with E-state index in [1.807, 2.05) is 19.9 Å². The second-order valence-corrected chi connectivity index (χ2v) is 6.48. The zero-order valence-electron chi connectivity index (χ0n) is 14.3. The van der Waals surface area contributed by atoms with Gasteiger partial charge in [-0.05, 0) is 52.3 Å². The number of carbonyl (C=O) groups excluding carboxylic acids is 1. The second-order valence-electron chi connectivity index (χ2n) is 6.48. The van der Waals surface area contributed by atoms with Gasteiger partial charge in [0.2, 0.25) is 0 Å². The number of nitrogens with one attached hydrogen (secondary N) is 1. The van der Waals surface area contributed by atoms with Gasteiger partial charge < -0.3 is 10.4 Å². The number of pyridine rings is 1. The predicted octanol–water partition coefficient (Wildman–Crippen LogP) is 2.26. The van der Waals surface area contributed by atoms with E-state index in [1.165, 1.54) is 6.20 Å². The summed E-state index contributed by atoms with van der Waals surface area (Å²) < 4.78 is 1.72. The Kier molecular flexibility index (Phi) is 5.02. The van der Waals surface area contributed by atoms with Crippen LogP contribution in [0.25, 0.3) is 5.82 Å². The highest BCUT2D eigenvalue weighted by Gasteiger charge is 2.22. The van der Waals surface area contributed by atoms with Gasteiger partial charge in [-0.1, -0.05) is 0 Å². The molecule has 2 N–H and O–H groups in total. The fraction of sp³-hybridized carbons (Fsp3) is 0.412. The van der Waals surface area contributed by atoms with E-state index in [2.05, 4.69) is 15.4 Å². The lowest BCUT2D eigenvalue weighted by Crippen LogP contribution is -2.43. The van der Waals surface area contributed by atoms with E-state index in [0.717, 1.165) is 11.4 Å². The molecule has 1 amide bonds. The molecule has 0 aliphatic rings. The minimum absolute atomic E-state index is 0.00238. The van der Waals surface area contributed by atoms with Crippen molar-refractivity contribution in [2.24, 2.45) is 0 Å². The van der Waals surface area contributed by atoms with E-state index in [9.17, 15) is 9.59 Å². The van der Waals surface area contributed by atoms with Crippen LogP contribution < -0.4 is 5.32 Å². The van der Waals surface area contributed by atoms with Crippen LogP contribution in [0.5, 0.6) is 0 Å². The molecule has 0 aromatic carbocycles. The Morgan fingerprint density at radius 3 is 2.50 bits per heavy atom. The van der Waals surface area contributed by atoms with Crippen molar-refractivity contribution in [2.45, 2.75) is 46.1 Å². The van der Waals surface area contributed by atoms with Crippen LogP contribution in [0.2, 0.25) is 0 Å². The minimum Gasteiger partial charge on any atom is -0.481 e. The minimum atomic E-state index is -0.881. The van der Waals surface area contributed by atoms with E-state index in [1.54, 1.807) is 30.7 Å². The molecule has 0 spiro atoms. The molecule has 0 saturated carbocycles. The van der Waals surface area contributed by atoms with E-state index < -0.39 is 11.5 Å². The zero-order chi connectivity index (χ0) is 17.9. The van der Waals surface area contributed by atoms with Crippen LogP contribution in [0, 0.1) is 13.8 Å². The maximum Gasteiger partial charge on any atom is 0.303 e. The monoisotopic (exact) mass is 330 g/mol. The molecule has 2 heterocycles. The van der Waals surface area contributed by atoms with Gasteiger partial charge in [-0.3, -0.25) is 9.59 Å². The maximum atomic E-state index is 12.3. The van der Waals surface area contributed by atoms with Gasteiger partial charge in [-0.2, -0.15) is 5.10 Å². The average Bonchev–Trinajstić information content (AvgIpc) is 2.84. The first-order valence-electron chi connectivity index (χ1n) is 7.72. The third-order valence-corrected chi connectivity index (χ3v) is 3.65. The van der Waals surface area contributed by atoms with Crippen molar-refractivity contribution in [2.75, 3.05) is 0 Å². The van der Waals surface area contributed by atoms with Crippen molar-refractivity contribution in [1.82, 2.24) is 20.1 Å². The first kappa shape index (κ1) is 17.7. The molecule has 2 aromatic heterocycles. The number of hydrogen-bond acceptors (Lipinski definition) is 4. The quantitative estimate of drug-likeness (QED) is 0.847.